The number of carbonyl (C=O) groups excluding carboxylic acids is 2. The monoisotopic (exact) mass is 353 g/mol. The van der Waals surface area contributed by atoms with Crippen molar-refractivity contribution in [3.63, 3.8) is 0 Å². The van der Waals surface area contributed by atoms with Crippen molar-refractivity contribution in [1.29, 1.82) is 0 Å². The lowest BCUT2D eigenvalue weighted by Crippen LogP contribution is -2.39. The minimum absolute atomic E-state index is 0.0220. The van der Waals surface area contributed by atoms with Crippen LogP contribution in [0.1, 0.15) is 30.2 Å². The second-order valence-electron chi connectivity index (χ2n) is 5.39. The zero-order valence-corrected chi connectivity index (χ0v) is 13.9. The Balaban J connectivity index is 2.13. The average molecular weight is 353 g/mol. The maximum Gasteiger partial charge on any atom is 0.360 e. The van der Waals surface area contributed by atoms with E-state index in [0.717, 1.165) is 18.4 Å². The molecule has 0 fully saturated rings. The van der Waals surface area contributed by atoms with Crippen LogP contribution in [0, 0.1) is 11.6 Å². The van der Waals surface area contributed by atoms with Gasteiger partial charge in [-0.15, -0.1) is 0 Å². The fourth-order valence-electron chi connectivity index (χ4n) is 1.99. The van der Waals surface area contributed by atoms with Crippen LogP contribution in [-0.4, -0.2) is 35.0 Å². The highest BCUT2D eigenvalue weighted by atomic mass is 19.1. The summed E-state index contributed by atoms with van der Waals surface area (Å²) in [6.45, 7) is 3.43. The van der Waals surface area contributed by atoms with E-state index in [0.29, 0.717) is 6.07 Å². The Morgan fingerprint density at radius 3 is 2.68 bits per heavy atom. The number of oxazole rings is 1. The number of benzene rings is 1. The number of methoxy groups -OCH3 is 1. The van der Waals surface area contributed by atoms with Gasteiger partial charge < -0.3 is 19.4 Å². The Bertz CT molecular complexity index is 776. The molecule has 1 aromatic heterocycles. The molecule has 0 aliphatic rings. The SMILES string of the molecule is COC(=O)c1coc(CN(C(=O)Nc2ccc(F)cc2F)C(C)C)n1. The van der Waals surface area contributed by atoms with Gasteiger partial charge in [0.05, 0.1) is 19.3 Å². The summed E-state index contributed by atoms with van der Waals surface area (Å²) in [6, 6.07) is 1.93. The van der Waals surface area contributed by atoms with Crippen molar-refractivity contribution in [2.24, 2.45) is 0 Å². The van der Waals surface area contributed by atoms with Crippen LogP contribution in [0.2, 0.25) is 0 Å². The molecule has 1 N–H and O–H groups in total. The zero-order chi connectivity index (χ0) is 18.6. The molecule has 9 heteroatoms. The van der Waals surface area contributed by atoms with E-state index in [1.807, 2.05) is 0 Å². The van der Waals surface area contributed by atoms with Gasteiger partial charge in [0.15, 0.2) is 5.69 Å². The summed E-state index contributed by atoms with van der Waals surface area (Å²) in [5.74, 6) is -2.18. The van der Waals surface area contributed by atoms with E-state index in [4.69, 9.17) is 4.42 Å². The average Bonchev–Trinajstić information content (AvgIpc) is 3.02. The highest BCUT2D eigenvalue weighted by Crippen LogP contribution is 2.17. The third-order valence-electron chi connectivity index (χ3n) is 3.31. The van der Waals surface area contributed by atoms with Gasteiger partial charge in [0.25, 0.3) is 0 Å². The van der Waals surface area contributed by atoms with Crippen LogP contribution in [0.3, 0.4) is 0 Å². The van der Waals surface area contributed by atoms with Gasteiger partial charge in [-0.05, 0) is 26.0 Å². The number of hydrogen-bond acceptors (Lipinski definition) is 5. The Morgan fingerprint density at radius 2 is 2.08 bits per heavy atom. The topological polar surface area (TPSA) is 84.7 Å². The smallest absolute Gasteiger partial charge is 0.360 e. The van der Waals surface area contributed by atoms with Gasteiger partial charge in [-0.2, -0.15) is 0 Å². The normalized spacial score (nSPS) is 10.6. The number of nitrogens with zero attached hydrogens (tertiary/aromatic N) is 2. The van der Waals surface area contributed by atoms with Crippen molar-refractivity contribution >= 4 is 17.7 Å². The van der Waals surface area contributed by atoms with Gasteiger partial charge in [-0.3, -0.25) is 0 Å². The fraction of sp³-hybridized carbons (Fsp3) is 0.312. The number of rotatable bonds is 5. The van der Waals surface area contributed by atoms with Crippen molar-refractivity contribution < 1.29 is 27.5 Å². The standard InChI is InChI=1S/C16H17F2N3O4/c1-9(2)21(7-14-19-13(8-25-14)15(22)24-3)16(23)20-12-5-4-10(17)6-11(12)18/h4-6,8-9H,7H2,1-3H3,(H,20,23). The number of urea groups is 1. The van der Waals surface area contributed by atoms with Crippen LogP contribution in [0.5, 0.6) is 0 Å². The largest absolute Gasteiger partial charge is 0.464 e. The van der Waals surface area contributed by atoms with Crippen LogP contribution in [0.4, 0.5) is 19.3 Å². The Hall–Kier alpha value is -2.97. The van der Waals surface area contributed by atoms with Gasteiger partial charge >= 0.3 is 12.0 Å². The van der Waals surface area contributed by atoms with Crippen LogP contribution >= 0.6 is 0 Å². The molecule has 2 amide bonds. The number of ether oxygens (including phenoxy) is 1. The first kappa shape index (κ1) is 18.4. The molecule has 0 saturated carbocycles. The number of amides is 2. The van der Waals surface area contributed by atoms with Crippen molar-refractivity contribution in [2.45, 2.75) is 26.4 Å². The molecule has 2 rings (SSSR count). The molecule has 0 saturated heterocycles. The third kappa shape index (κ3) is 4.52. The summed E-state index contributed by atoms with van der Waals surface area (Å²) in [5.41, 5.74) is -0.175. The van der Waals surface area contributed by atoms with E-state index in [1.54, 1.807) is 13.8 Å². The minimum Gasteiger partial charge on any atom is -0.464 e. The summed E-state index contributed by atoms with van der Waals surface area (Å²) in [7, 11) is 1.21. The molecule has 0 spiro atoms. The molecule has 0 aliphatic carbocycles. The predicted molar refractivity (Wildman–Crippen MR) is 83.9 cm³/mol. The van der Waals surface area contributed by atoms with Crippen LogP contribution in [0.25, 0.3) is 0 Å². The molecule has 2 aromatic rings. The van der Waals surface area contributed by atoms with Crippen LogP contribution < -0.4 is 5.32 Å². The first-order chi connectivity index (χ1) is 11.8. The van der Waals surface area contributed by atoms with Gasteiger partial charge in [0, 0.05) is 12.1 Å². The Labute approximate surface area is 142 Å². The summed E-state index contributed by atoms with van der Waals surface area (Å²) in [5, 5.41) is 2.36. The minimum atomic E-state index is -0.888. The van der Waals surface area contributed by atoms with Crippen molar-refractivity contribution in [3.8, 4) is 0 Å². The lowest BCUT2D eigenvalue weighted by Gasteiger charge is -2.25. The summed E-state index contributed by atoms with van der Waals surface area (Å²) < 4.78 is 36.3. The maximum absolute atomic E-state index is 13.7. The van der Waals surface area contributed by atoms with Crippen LogP contribution in [-0.2, 0) is 11.3 Å². The lowest BCUT2D eigenvalue weighted by molar-refractivity contribution is 0.0594. The van der Waals surface area contributed by atoms with E-state index in [2.05, 4.69) is 15.0 Å². The molecule has 1 aromatic carbocycles. The van der Waals surface area contributed by atoms with Crippen molar-refractivity contribution in [1.82, 2.24) is 9.88 Å². The maximum atomic E-state index is 13.7. The number of aromatic nitrogens is 1. The van der Waals surface area contributed by atoms with E-state index < -0.39 is 23.6 Å². The first-order valence-corrected chi connectivity index (χ1v) is 7.37. The quantitative estimate of drug-likeness (QED) is 0.835. The summed E-state index contributed by atoms with van der Waals surface area (Å²) >= 11 is 0. The molecule has 7 nitrogen and oxygen atoms in total. The number of hydrogen-bond donors (Lipinski definition) is 1. The Morgan fingerprint density at radius 1 is 1.36 bits per heavy atom. The second-order valence-corrected chi connectivity index (χ2v) is 5.39. The summed E-state index contributed by atoms with van der Waals surface area (Å²) in [4.78, 5) is 29.0. The molecule has 25 heavy (non-hydrogen) atoms. The van der Waals surface area contributed by atoms with Gasteiger partial charge in [0.2, 0.25) is 5.89 Å². The molecule has 0 unspecified atom stereocenters. The van der Waals surface area contributed by atoms with E-state index in [-0.39, 0.29) is 29.9 Å². The predicted octanol–water partition coefficient (Wildman–Crippen LogP) is 3.18. The third-order valence-corrected chi connectivity index (χ3v) is 3.31. The lowest BCUT2D eigenvalue weighted by atomic mass is 10.3. The second kappa shape index (κ2) is 7.73. The van der Waals surface area contributed by atoms with Crippen LogP contribution in [0.15, 0.2) is 28.9 Å². The molecule has 0 atom stereocenters. The van der Waals surface area contributed by atoms with Gasteiger partial charge in [-0.1, -0.05) is 0 Å². The van der Waals surface area contributed by atoms with Crippen molar-refractivity contribution in [2.75, 3.05) is 12.4 Å². The number of esters is 1. The van der Waals surface area contributed by atoms with Gasteiger partial charge in [0.1, 0.15) is 17.9 Å². The van der Waals surface area contributed by atoms with E-state index >= 15 is 0 Å². The highest BCUT2D eigenvalue weighted by Gasteiger charge is 2.22. The molecule has 1 heterocycles. The number of anilines is 1. The number of carbonyl (C=O) groups is 2. The molecular weight excluding hydrogens is 336 g/mol. The molecule has 0 radical (unpaired) electrons. The van der Waals surface area contributed by atoms with E-state index in [9.17, 15) is 18.4 Å². The summed E-state index contributed by atoms with van der Waals surface area (Å²) in [6.07, 6.45) is 1.12. The first-order valence-electron chi connectivity index (χ1n) is 7.37. The van der Waals surface area contributed by atoms with Crippen molar-refractivity contribution in [3.05, 3.63) is 47.7 Å². The Kier molecular flexibility index (Phi) is 5.68. The highest BCUT2D eigenvalue weighted by molar-refractivity contribution is 5.89. The molecule has 0 aliphatic heterocycles. The number of nitrogens with one attached hydrogen (secondary N) is 1. The fourth-order valence-corrected chi connectivity index (χ4v) is 1.99. The molecular formula is C16H17F2N3O4. The molecule has 0 bridgehead atoms. The number of halogens is 2. The zero-order valence-electron chi connectivity index (χ0n) is 13.9. The van der Waals surface area contributed by atoms with E-state index in [1.165, 1.54) is 12.0 Å². The molecule has 134 valence electrons. The van der Waals surface area contributed by atoms with Gasteiger partial charge in [-0.25, -0.2) is 23.4 Å².